The Labute approximate surface area is 108 Å². The fourth-order valence-electron chi connectivity index (χ4n) is 2.52. The van der Waals surface area contributed by atoms with Crippen LogP contribution < -0.4 is 16.8 Å². The molecule has 0 aromatic heterocycles. The van der Waals surface area contributed by atoms with Gasteiger partial charge in [0.25, 0.3) is 5.91 Å². The third-order valence-electron chi connectivity index (χ3n) is 3.68. The molecule has 1 saturated carbocycles. The summed E-state index contributed by atoms with van der Waals surface area (Å²) in [7, 11) is 0. The highest BCUT2D eigenvalue weighted by molar-refractivity contribution is 5.99. The van der Waals surface area contributed by atoms with Gasteiger partial charge < -0.3 is 16.8 Å². The molecule has 0 atom stereocenters. The smallest absolute Gasteiger partial charge is 0.250 e. The van der Waals surface area contributed by atoms with E-state index in [1.54, 1.807) is 12.1 Å². The maximum absolute atomic E-state index is 11.4. The summed E-state index contributed by atoms with van der Waals surface area (Å²) in [4.78, 5) is 11.4. The maximum atomic E-state index is 11.4. The van der Waals surface area contributed by atoms with Gasteiger partial charge in [0.05, 0.1) is 5.56 Å². The van der Waals surface area contributed by atoms with Crippen LogP contribution in [0.1, 0.15) is 43.0 Å². The van der Waals surface area contributed by atoms with Crippen LogP contribution in [-0.4, -0.2) is 11.9 Å². The van der Waals surface area contributed by atoms with Crippen LogP contribution in [-0.2, 0) is 0 Å². The molecule has 1 aliphatic carbocycles. The predicted molar refractivity (Wildman–Crippen MR) is 74.4 cm³/mol. The number of benzene rings is 1. The van der Waals surface area contributed by atoms with Crippen molar-refractivity contribution < 1.29 is 4.79 Å². The van der Waals surface area contributed by atoms with Crippen molar-refractivity contribution in [2.45, 2.75) is 38.6 Å². The Balaban J connectivity index is 2.11. The zero-order valence-electron chi connectivity index (χ0n) is 10.8. The first-order chi connectivity index (χ1) is 8.56. The highest BCUT2D eigenvalue weighted by atomic mass is 16.1. The van der Waals surface area contributed by atoms with E-state index in [-0.39, 0.29) is 0 Å². The predicted octanol–water partition coefficient (Wildman–Crippen LogP) is 2.36. The molecule has 0 saturated heterocycles. The molecule has 1 aromatic carbocycles. The zero-order chi connectivity index (χ0) is 13.1. The van der Waals surface area contributed by atoms with Gasteiger partial charge in [-0.05, 0) is 49.8 Å². The van der Waals surface area contributed by atoms with Crippen LogP contribution in [0.4, 0.5) is 11.4 Å². The number of hydrogen-bond acceptors (Lipinski definition) is 3. The van der Waals surface area contributed by atoms with Crippen LogP contribution in [0.3, 0.4) is 0 Å². The zero-order valence-corrected chi connectivity index (χ0v) is 10.8. The number of nitrogens with two attached hydrogens (primary N) is 2. The first-order valence-electron chi connectivity index (χ1n) is 6.52. The van der Waals surface area contributed by atoms with E-state index in [1.165, 1.54) is 12.8 Å². The van der Waals surface area contributed by atoms with Crippen LogP contribution in [0, 0.1) is 5.92 Å². The van der Waals surface area contributed by atoms with Crippen molar-refractivity contribution in [1.29, 1.82) is 0 Å². The van der Waals surface area contributed by atoms with Crippen molar-refractivity contribution in [1.82, 2.24) is 0 Å². The molecule has 2 rings (SSSR count). The van der Waals surface area contributed by atoms with Crippen LogP contribution in [0.25, 0.3) is 0 Å². The fraction of sp³-hybridized carbons (Fsp3) is 0.500. The lowest BCUT2D eigenvalue weighted by atomic mass is 9.87. The van der Waals surface area contributed by atoms with Crippen molar-refractivity contribution in [3.05, 3.63) is 23.8 Å². The number of carbonyl (C=O) groups excluding carboxylic acids is 1. The summed E-state index contributed by atoms with van der Waals surface area (Å²) in [6, 6.07) is 5.70. The lowest BCUT2D eigenvalue weighted by Gasteiger charge is -2.28. The van der Waals surface area contributed by atoms with Crippen LogP contribution in [0.2, 0.25) is 0 Å². The first kappa shape index (κ1) is 12.7. The first-order valence-corrected chi connectivity index (χ1v) is 6.52. The number of carbonyl (C=O) groups is 1. The molecule has 0 spiro atoms. The molecule has 0 unspecified atom stereocenters. The molecule has 0 bridgehead atoms. The fourth-order valence-corrected chi connectivity index (χ4v) is 2.52. The monoisotopic (exact) mass is 247 g/mol. The Morgan fingerprint density at radius 2 is 1.94 bits per heavy atom. The molecular weight excluding hydrogens is 226 g/mol. The summed E-state index contributed by atoms with van der Waals surface area (Å²) in [6.07, 6.45) is 4.75. The molecule has 4 heteroatoms. The lowest BCUT2D eigenvalue weighted by molar-refractivity contribution is 0.100. The van der Waals surface area contributed by atoms with E-state index in [9.17, 15) is 4.79 Å². The second kappa shape index (κ2) is 5.29. The van der Waals surface area contributed by atoms with Crippen LogP contribution >= 0.6 is 0 Å². The minimum Gasteiger partial charge on any atom is -0.399 e. The minimum absolute atomic E-state index is 0.433. The number of nitrogens with one attached hydrogen (secondary N) is 1. The SMILES string of the molecule is CC1CCC(Nc2ccc(N)cc2C(N)=O)CC1. The van der Waals surface area contributed by atoms with Gasteiger partial charge in [0.15, 0.2) is 0 Å². The second-order valence-corrected chi connectivity index (χ2v) is 5.27. The van der Waals surface area contributed by atoms with E-state index in [2.05, 4.69) is 12.2 Å². The summed E-state index contributed by atoms with van der Waals surface area (Å²) < 4.78 is 0. The molecule has 0 heterocycles. The molecule has 4 nitrogen and oxygen atoms in total. The summed E-state index contributed by atoms with van der Waals surface area (Å²) >= 11 is 0. The Morgan fingerprint density at radius 1 is 1.28 bits per heavy atom. The molecule has 0 aliphatic heterocycles. The Bertz CT molecular complexity index is 437. The Morgan fingerprint density at radius 3 is 2.56 bits per heavy atom. The van der Waals surface area contributed by atoms with Gasteiger partial charge >= 0.3 is 0 Å². The normalized spacial score (nSPS) is 23.6. The second-order valence-electron chi connectivity index (χ2n) is 5.27. The highest BCUT2D eigenvalue weighted by Crippen LogP contribution is 2.27. The third-order valence-corrected chi connectivity index (χ3v) is 3.68. The molecule has 5 N–H and O–H groups in total. The van der Waals surface area contributed by atoms with Crippen molar-refractivity contribution >= 4 is 17.3 Å². The van der Waals surface area contributed by atoms with E-state index in [4.69, 9.17) is 11.5 Å². The van der Waals surface area contributed by atoms with Crippen molar-refractivity contribution in [3.63, 3.8) is 0 Å². The molecule has 1 fully saturated rings. The van der Waals surface area contributed by atoms with Gasteiger partial charge in [-0.25, -0.2) is 0 Å². The van der Waals surface area contributed by atoms with Gasteiger partial charge in [0.1, 0.15) is 0 Å². The topological polar surface area (TPSA) is 81.1 Å². The van der Waals surface area contributed by atoms with Crippen LogP contribution in [0.5, 0.6) is 0 Å². The minimum atomic E-state index is -0.436. The number of amides is 1. The van der Waals surface area contributed by atoms with E-state index in [0.717, 1.165) is 24.4 Å². The summed E-state index contributed by atoms with van der Waals surface area (Å²) in [6.45, 7) is 2.29. The van der Waals surface area contributed by atoms with Gasteiger partial charge in [-0.1, -0.05) is 6.92 Å². The van der Waals surface area contributed by atoms with Gasteiger partial charge in [0.2, 0.25) is 0 Å². The van der Waals surface area contributed by atoms with Gasteiger partial charge in [0, 0.05) is 17.4 Å². The largest absolute Gasteiger partial charge is 0.399 e. The van der Waals surface area contributed by atoms with E-state index in [1.807, 2.05) is 6.07 Å². The molecular formula is C14H21N3O. The van der Waals surface area contributed by atoms with E-state index >= 15 is 0 Å². The Hall–Kier alpha value is -1.71. The summed E-state index contributed by atoms with van der Waals surface area (Å²) in [5, 5.41) is 3.42. The summed E-state index contributed by atoms with van der Waals surface area (Å²) in [5.74, 6) is 0.374. The Kier molecular flexibility index (Phi) is 3.75. The van der Waals surface area contributed by atoms with Gasteiger partial charge in [-0.15, -0.1) is 0 Å². The quantitative estimate of drug-likeness (QED) is 0.717. The maximum Gasteiger partial charge on any atom is 0.250 e. The van der Waals surface area contributed by atoms with E-state index in [0.29, 0.717) is 17.3 Å². The van der Waals surface area contributed by atoms with Crippen molar-refractivity contribution in [3.8, 4) is 0 Å². The van der Waals surface area contributed by atoms with Crippen molar-refractivity contribution in [2.24, 2.45) is 11.7 Å². The van der Waals surface area contributed by atoms with Gasteiger partial charge in [-0.3, -0.25) is 4.79 Å². The number of hydrogen-bond donors (Lipinski definition) is 3. The highest BCUT2D eigenvalue weighted by Gasteiger charge is 2.19. The molecule has 1 aromatic rings. The number of anilines is 2. The average molecular weight is 247 g/mol. The molecule has 0 radical (unpaired) electrons. The lowest BCUT2D eigenvalue weighted by Crippen LogP contribution is -2.26. The third kappa shape index (κ3) is 2.94. The standard InChI is InChI=1S/C14H21N3O/c1-9-2-5-11(6-3-9)17-13-7-4-10(15)8-12(13)14(16)18/h4,7-9,11,17H,2-3,5-6,15H2,1H3,(H2,16,18). The summed E-state index contributed by atoms with van der Waals surface area (Å²) in [5.41, 5.74) is 12.9. The van der Waals surface area contributed by atoms with Crippen LogP contribution in [0.15, 0.2) is 18.2 Å². The molecule has 18 heavy (non-hydrogen) atoms. The average Bonchev–Trinajstić information content (AvgIpc) is 2.34. The molecule has 98 valence electrons. The number of nitrogen functional groups attached to an aromatic ring is 1. The molecule has 1 aliphatic rings. The van der Waals surface area contributed by atoms with Gasteiger partial charge in [-0.2, -0.15) is 0 Å². The number of primary amides is 1. The molecule has 1 amide bonds. The van der Waals surface area contributed by atoms with E-state index < -0.39 is 5.91 Å². The van der Waals surface area contributed by atoms with Crippen molar-refractivity contribution in [2.75, 3.05) is 11.1 Å². The number of rotatable bonds is 3.